The van der Waals surface area contributed by atoms with Crippen LogP contribution in [0.5, 0.6) is 0 Å². The lowest BCUT2D eigenvalue weighted by atomic mass is 9.77. The Labute approximate surface area is 165 Å². The number of hydrogen-bond donors (Lipinski definition) is 1. The Balaban J connectivity index is 2.21. The number of ether oxygens (including phenoxy) is 1. The lowest BCUT2D eigenvalue weighted by Gasteiger charge is -2.44. The van der Waals surface area contributed by atoms with Gasteiger partial charge < -0.3 is 10.1 Å². The van der Waals surface area contributed by atoms with Crippen LogP contribution < -0.4 is 5.32 Å². The first-order chi connectivity index (χ1) is 12.5. The summed E-state index contributed by atoms with van der Waals surface area (Å²) in [6.45, 7) is 3.59. The number of rotatable bonds is 2. The average Bonchev–Trinajstić information content (AvgIpc) is 2.65. The zero-order chi connectivity index (χ0) is 20.0. The minimum Gasteiger partial charge on any atom is -0.363 e. The van der Waals surface area contributed by atoms with E-state index in [1.165, 1.54) is 45.3 Å². The highest BCUT2D eigenvalue weighted by molar-refractivity contribution is 7.80. The standard InChI is InChI=1S/C19H18ClF3N2OS/c1-17(2)19(22,23)18(3,25-16(27)10-26-17)14-7-11(4-5-15(14)21)12-6-13(20)9-24-8-12/h4-9H,10H2,1-3H3,(H,25,27). The maximum atomic E-state index is 15.5. The van der Waals surface area contributed by atoms with Crippen LogP contribution in [0.25, 0.3) is 11.1 Å². The Morgan fingerprint density at radius 3 is 2.52 bits per heavy atom. The summed E-state index contributed by atoms with van der Waals surface area (Å²) < 4.78 is 51.0. The molecule has 1 aromatic heterocycles. The number of halogens is 4. The first-order valence-electron chi connectivity index (χ1n) is 8.22. The van der Waals surface area contributed by atoms with Crippen LogP contribution in [0, 0.1) is 5.82 Å². The number of nitrogens with one attached hydrogen (secondary N) is 1. The van der Waals surface area contributed by atoms with Crippen molar-refractivity contribution in [1.29, 1.82) is 0 Å². The Kier molecular flexibility index (Phi) is 4.99. The van der Waals surface area contributed by atoms with E-state index in [0.29, 0.717) is 16.1 Å². The van der Waals surface area contributed by atoms with Crippen molar-refractivity contribution < 1.29 is 17.9 Å². The first-order valence-corrected chi connectivity index (χ1v) is 9.00. The number of alkyl halides is 2. The molecule has 1 aliphatic rings. The van der Waals surface area contributed by atoms with Gasteiger partial charge in [-0.05, 0) is 44.5 Å². The molecule has 8 heteroatoms. The van der Waals surface area contributed by atoms with Gasteiger partial charge in [0.25, 0.3) is 0 Å². The van der Waals surface area contributed by atoms with Gasteiger partial charge >= 0.3 is 5.92 Å². The van der Waals surface area contributed by atoms with Crippen LogP contribution in [-0.4, -0.2) is 28.1 Å². The van der Waals surface area contributed by atoms with Crippen molar-refractivity contribution in [2.45, 2.75) is 37.8 Å². The van der Waals surface area contributed by atoms with Crippen molar-refractivity contribution in [3.05, 3.63) is 53.1 Å². The van der Waals surface area contributed by atoms with E-state index in [1.54, 1.807) is 6.07 Å². The molecule has 0 bridgehead atoms. The van der Waals surface area contributed by atoms with Crippen LogP contribution in [0.2, 0.25) is 5.02 Å². The summed E-state index contributed by atoms with van der Waals surface area (Å²) in [6.07, 6.45) is 2.98. The number of nitrogens with zero attached hydrogens (tertiary/aromatic N) is 1. The molecular formula is C19H18ClF3N2OS. The van der Waals surface area contributed by atoms with Gasteiger partial charge in [-0.25, -0.2) is 13.2 Å². The van der Waals surface area contributed by atoms with Crippen molar-refractivity contribution in [3.63, 3.8) is 0 Å². The third-order valence-corrected chi connectivity index (χ3v) is 5.31. The van der Waals surface area contributed by atoms with E-state index in [1.807, 2.05) is 0 Å². The van der Waals surface area contributed by atoms with Crippen LogP contribution in [0.3, 0.4) is 0 Å². The largest absolute Gasteiger partial charge is 0.363 e. The lowest BCUT2D eigenvalue weighted by Crippen LogP contribution is -2.62. The Morgan fingerprint density at radius 1 is 1.15 bits per heavy atom. The number of aromatic nitrogens is 1. The van der Waals surface area contributed by atoms with Crippen LogP contribution in [-0.2, 0) is 10.3 Å². The van der Waals surface area contributed by atoms with Crippen LogP contribution >= 0.6 is 23.8 Å². The topological polar surface area (TPSA) is 34.1 Å². The fourth-order valence-corrected chi connectivity index (χ4v) is 3.66. The molecule has 1 unspecified atom stereocenters. The van der Waals surface area contributed by atoms with E-state index in [2.05, 4.69) is 10.3 Å². The third-order valence-electron chi connectivity index (χ3n) is 4.88. The van der Waals surface area contributed by atoms with Gasteiger partial charge in [0.2, 0.25) is 0 Å². The summed E-state index contributed by atoms with van der Waals surface area (Å²) in [6, 6.07) is 5.64. The van der Waals surface area contributed by atoms with Gasteiger partial charge in [0.05, 0.1) is 11.6 Å². The van der Waals surface area contributed by atoms with E-state index >= 15 is 8.78 Å². The number of pyridine rings is 1. The fourth-order valence-electron chi connectivity index (χ4n) is 3.23. The highest BCUT2D eigenvalue weighted by Crippen LogP contribution is 2.48. The molecule has 0 radical (unpaired) electrons. The molecule has 27 heavy (non-hydrogen) atoms. The molecule has 1 atom stereocenters. The second-order valence-electron chi connectivity index (χ2n) is 7.13. The maximum absolute atomic E-state index is 15.5. The van der Waals surface area contributed by atoms with Gasteiger partial charge in [0.1, 0.15) is 21.9 Å². The molecule has 3 nitrogen and oxygen atoms in total. The lowest BCUT2D eigenvalue weighted by molar-refractivity contribution is -0.216. The fraction of sp³-hybridized carbons (Fsp3) is 0.368. The van der Waals surface area contributed by atoms with Crippen molar-refractivity contribution in [3.8, 4) is 11.1 Å². The predicted molar refractivity (Wildman–Crippen MR) is 103 cm³/mol. The minimum absolute atomic E-state index is 0.0805. The summed E-state index contributed by atoms with van der Waals surface area (Å²) >= 11 is 11.1. The van der Waals surface area contributed by atoms with Gasteiger partial charge in [-0.1, -0.05) is 29.9 Å². The van der Waals surface area contributed by atoms with Gasteiger partial charge in [0.15, 0.2) is 0 Å². The number of thiocarbonyl (C=S) groups is 1. The number of hydrogen-bond acceptors (Lipinski definition) is 3. The molecular weight excluding hydrogens is 397 g/mol. The molecule has 1 saturated heterocycles. The van der Waals surface area contributed by atoms with E-state index in [4.69, 9.17) is 28.6 Å². The zero-order valence-electron chi connectivity index (χ0n) is 14.9. The molecule has 1 aliphatic heterocycles. The molecule has 0 spiro atoms. The molecule has 2 heterocycles. The summed E-state index contributed by atoms with van der Waals surface area (Å²) in [5.41, 5.74) is -3.10. The monoisotopic (exact) mass is 414 g/mol. The highest BCUT2D eigenvalue weighted by Gasteiger charge is 2.64. The smallest absolute Gasteiger partial charge is 0.302 e. The second-order valence-corrected chi connectivity index (χ2v) is 8.06. The van der Waals surface area contributed by atoms with Crippen molar-refractivity contribution in [2.24, 2.45) is 0 Å². The minimum atomic E-state index is -3.48. The Hall–Kier alpha value is -1.70. The van der Waals surface area contributed by atoms with Crippen LogP contribution in [0.1, 0.15) is 26.3 Å². The molecule has 1 N–H and O–H groups in total. The van der Waals surface area contributed by atoms with E-state index in [0.717, 1.165) is 6.07 Å². The quantitative estimate of drug-likeness (QED) is 0.692. The summed E-state index contributed by atoms with van der Waals surface area (Å²) in [4.78, 5) is 4.07. The van der Waals surface area contributed by atoms with Crippen LogP contribution in [0.4, 0.5) is 13.2 Å². The highest BCUT2D eigenvalue weighted by atomic mass is 35.5. The first kappa shape index (κ1) is 20.0. The summed E-state index contributed by atoms with van der Waals surface area (Å²) in [5.74, 6) is -4.25. The SMILES string of the molecule is CC1(C)OCC(=S)NC(C)(c2cc(-c3cncc(Cl)c3)ccc2F)C1(F)F. The third kappa shape index (κ3) is 3.32. The number of benzene rings is 1. The van der Waals surface area contributed by atoms with Gasteiger partial charge in [-0.3, -0.25) is 4.98 Å². The molecule has 2 aromatic rings. The van der Waals surface area contributed by atoms with Crippen molar-refractivity contribution >= 4 is 28.8 Å². The van der Waals surface area contributed by atoms with E-state index in [-0.39, 0.29) is 17.2 Å². The second kappa shape index (κ2) is 6.72. The molecule has 0 amide bonds. The Bertz CT molecular complexity index is 906. The van der Waals surface area contributed by atoms with E-state index in [9.17, 15) is 4.39 Å². The summed E-state index contributed by atoms with van der Waals surface area (Å²) in [5, 5.41) is 3.01. The normalized spacial score (nSPS) is 24.2. The van der Waals surface area contributed by atoms with Gasteiger partial charge in [-0.15, -0.1) is 0 Å². The predicted octanol–water partition coefficient (Wildman–Crippen LogP) is 5.12. The van der Waals surface area contributed by atoms with Gasteiger partial charge in [-0.2, -0.15) is 0 Å². The summed E-state index contributed by atoms with van der Waals surface area (Å²) in [7, 11) is 0. The van der Waals surface area contributed by atoms with Crippen molar-refractivity contribution in [1.82, 2.24) is 10.3 Å². The molecule has 0 aliphatic carbocycles. The molecule has 1 aromatic carbocycles. The Morgan fingerprint density at radius 2 is 1.85 bits per heavy atom. The van der Waals surface area contributed by atoms with Crippen LogP contribution in [0.15, 0.2) is 36.7 Å². The molecule has 1 fully saturated rings. The average molecular weight is 415 g/mol. The van der Waals surface area contributed by atoms with Gasteiger partial charge in [0, 0.05) is 23.5 Å². The molecule has 3 rings (SSSR count). The zero-order valence-corrected chi connectivity index (χ0v) is 16.5. The van der Waals surface area contributed by atoms with Crippen molar-refractivity contribution in [2.75, 3.05) is 6.61 Å². The maximum Gasteiger partial charge on any atom is 0.302 e. The van der Waals surface area contributed by atoms with E-state index < -0.39 is 22.9 Å². The molecule has 0 saturated carbocycles. The molecule has 144 valence electrons.